The zero-order valence-corrected chi connectivity index (χ0v) is 12.1. The van der Waals surface area contributed by atoms with E-state index in [-0.39, 0.29) is 0 Å². The zero-order valence-electron chi connectivity index (χ0n) is 12.1. The lowest BCUT2D eigenvalue weighted by Crippen LogP contribution is -2.11. The van der Waals surface area contributed by atoms with Crippen molar-refractivity contribution in [3.05, 3.63) is 0 Å². The maximum absolute atomic E-state index is 2.36. The maximum atomic E-state index is 2.36. The molecule has 1 aliphatic rings. The Balaban J connectivity index is 0. The van der Waals surface area contributed by atoms with Crippen molar-refractivity contribution in [2.75, 3.05) is 0 Å². The van der Waals surface area contributed by atoms with Gasteiger partial charge in [0.15, 0.2) is 0 Å². The fourth-order valence-corrected chi connectivity index (χ4v) is 2.54. The highest BCUT2D eigenvalue weighted by Gasteiger charge is 2.19. The van der Waals surface area contributed by atoms with E-state index >= 15 is 0 Å². The van der Waals surface area contributed by atoms with Crippen LogP contribution in [-0.2, 0) is 0 Å². The minimum absolute atomic E-state index is 1.06. The van der Waals surface area contributed by atoms with Gasteiger partial charge in [-0.3, -0.25) is 0 Å². The average Bonchev–Trinajstić information content (AvgIpc) is 2.58. The molecule has 0 heteroatoms. The number of hydrogen-bond acceptors (Lipinski definition) is 0. The van der Waals surface area contributed by atoms with Crippen LogP contribution in [0, 0.1) is 11.8 Å². The van der Waals surface area contributed by atoms with Crippen molar-refractivity contribution in [1.29, 1.82) is 0 Å². The standard InChI is InChI=1S/C11H22.2C2H6/c1-3-10-8-6-5-7-9-11(10)4-2;2*1-2/h10-11H,3-9H2,1-2H3;2*1-2H3. The van der Waals surface area contributed by atoms with Gasteiger partial charge in [-0.05, 0) is 11.8 Å². The van der Waals surface area contributed by atoms with Crippen LogP contribution in [0.5, 0.6) is 0 Å². The van der Waals surface area contributed by atoms with Gasteiger partial charge in [0.25, 0.3) is 0 Å². The summed E-state index contributed by atoms with van der Waals surface area (Å²) in [4.78, 5) is 0. The van der Waals surface area contributed by atoms with Gasteiger partial charge in [-0.25, -0.2) is 0 Å². The van der Waals surface area contributed by atoms with Crippen LogP contribution in [0.25, 0.3) is 0 Å². The van der Waals surface area contributed by atoms with Crippen molar-refractivity contribution in [3.63, 3.8) is 0 Å². The second-order valence-corrected chi connectivity index (χ2v) is 3.97. The molecule has 1 rings (SSSR count). The second-order valence-electron chi connectivity index (χ2n) is 3.97. The van der Waals surface area contributed by atoms with Crippen LogP contribution in [0.15, 0.2) is 0 Å². The normalized spacial score (nSPS) is 25.2. The Bertz CT molecular complexity index is 84.2. The van der Waals surface area contributed by atoms with Crippen LogP contribution in [0.2, 0.25) is 0 Å². The lowest BCUT2D eigenvalue weighted by molar-refractivity contribution is 0.295. The highest BCUT2D eigenvalue weighted by atomic mass is 14.3. The van der Waals surface area contributed by atoms with E-state index in [1.165, 1.54) is 44.9 Å². The van der Waals surface area contributed by atoms with E-state index in [0.717, 1.165) is 11.8 Å². The van der Waals surface area contributed by atoms with E-state index in [2.05, 4.69) is 13.8 Å². The summed E-state index contributed by atoms with van der Waals surface area (Å²) in [6.07, 6.45) is 10.3. The molecular weight excluding hydrogens is 180 g/mol. The monoisotopic (exact) mass is 214 g/mol. The summed E-state index contributed by atoms with van der Waals surface area (Å²) in [6.45, 7) is 12.7. The van der Waals surface area contributed by atoms with Gasteiger partial charge < -0.3 is 0 Å². The smallest absolute Gasteiger partial charge is 0.0389 e. The lowest BCUT2D eigenvalue weighted by Gasteiger charge is -2.21. The Morgan fingerprint density at radius 3 is 1.27 bits per heavy atom. The summed E-state index contributed by atoms with van der Waals surface area (Å²) >= 11 is 0. The molecule has 1 fully saturated rings. The van der Waals surface area contributed by atoms with Crippen molar-refractivity contribution < 1.29 is 0 Å². The van der Waals surface area contributed by atoms with Crippen LogP contribution in [0.3, 0.4) is 0 Å². The minimum atomic E-state index is 1.06. The fourth-order valence-electron chi connectivity index (χ4n) is 2.54. The molecule has 0 radical (unpaired) electrons. The van der Waals surface area contributed by atoms with E-state index in [1.54, 1.807) is 0 Å². The van der Waals surface area contributed by atoms with E-state index in [0.29, 0.717) is 0 Å². The second kappa shape index (κ2) is 14.0. The SMILES string of the molecule is CC.CC.CCC1CCCCCC1CC. The van der Waals surface area contributed by atoms with Gasteiger partial charge in [0, 0.05) is 0 Å². The largest absolute Gasteiger partial charge is 0.0683 e. The molecule has 0 aliphatic heterocycles. The van der Waals surface area contributed by atoms with E-state index in [4.69, 9.17) is 0 Å². The van der Waals surface area contributed by atoms with Crippen molar-refractivity contribution in [3.8, 4) is 0 Å². The predicted molar refractivity (Wildman–Crippen MR) is 73.3 cm³/mol. The minimum Gasteiger partial charge on any atom is -0.0683 e. The summed E-state index contributed by atoms with van der Waals surface area (Å²) in [5.74, 6) is 2.12. The van der Waals surface area contributed by atoms with Gasteiger partial charge in [0.2, 0.25) is 0 Å². The summed E-state index contributed by atoms with van der Waals surface area (Å²) < 4.78 is 0. The Kier molecular flexibility index (Phi) is 16.2. The molecule has 0 heterocycles. The summed E-state index contributed by atoms with van der Waals surface area (Å²) in [5.41, 5.74) is 0. The molecule has 0 saturated heterocycles. The first-order valence-corrected chi connectivity index (χ1v) is 7.38. The molecule has 0 spiro atoms. The Labute approximate surface area is 98.9 Å². The number of hydrogen-bond donors (Lipinski definition) is 0. The molecule has 0 aromatic rings. The lowest BCUT2D eigenvalue weighted by atomic mass is 9.84. The third-order valence-electron chi connectivity index (χ3n) is 3.37. The maximum Gasteiger partial charge on any atom is -0.0389 e. The van der Waals surface area contributed by atoms with Gasteiger partial charge in [-0.15, -0.1) is 0 Å². The van der Waals surface area contributed by atoms with Crippen LogP contribution in [-0.4, -0.2) is 0 Å². The van der Waals surface area contributed by atoms with Crippen molar-refractivity contribution >= 4 is 0 Å². The van der Waals surface area contributed by atoms with Crippen LogP contribution in [0.4, 0.5) is 0 Å². The predicted octanol–water partition coefficient (Wildman–Crippen LogP) is 6.06. The molecule has 0 amide bonds. The zero-order chi connectivity index (χ0) is 12.1. The van der Waals surface area contributed by atoms with Crippen molar-refractivity contribution in [2.24, 2.45) is 11.8 Å². The van der Waals surface area contributed by atoms with Crippen LogP contribution < -0.4 is 0 Å². The molecule has 1 aliphatic carbocycles. The highest BCUT2D eigenvalue weighted by molar-refractivity contribution is 4.71. The number of rotatable bonds is 2. The van der Waals surface area contributed by atoms with E-state index in [9.17, 15) is 0 Å². The molecule has 2 unspecified atom stereocenters. The molecule has 0 N–H and O–H groups in total. The topological polar surface area (TPSA) is 0 Å². The molecule has 15 heavy (non-hydrogen) atoms. The first-order valence-electron chi connectivity index (χ1n) is 7.38. The molecule has 1 saturated carbocycles. The Hall–Kier alpha value is 0. The summed E-state index contributed by atoms with van der Waals surface area (Å²) in [5, 5.41) is 0. The van der Waals surface area contributed by atoms with Crippen molar-refractivity contribution in [2.45, 2.75) is 86.5 Å². The molecule has 0 aromatic carbocycles. The van der Waals surface area contributed by atoms with E-state index < -0.39 is 0 Å². The Morgan fingerprint density at radius 2 is 1.00 bits per heavy atom. The van der Waals surface area contributed by atoms with Crippen molar-refractivity contribution in [1.82, 2.24) is 0 Å². The highest BCUT2D eigenvalue weighted by Crippen LogP contribution is 2.32. The molecule has 2 atom stereocenters. The third kappa shape index (κ3) is 7.88. The van der Waals surface area contributed by atoms with Gasteiger partial charge in [0.05, 0.1) is 0 Å². The first kappa shape index (κ1) is 17.4. The van der Waals surface area contributed by atoms with Gasteiger partial charge in [-0.2, -0.15) is 0 Å². The third-order valence-corrected chi connectivity index (χ3v) is 3.37. The average molecular weight is 214 g/mol. The fraction of sp³-hybridized carbons (Fsp3) is 1.00. The van der Waals surface area contributed by atoms with Gasteiger partial charge in [0.1, 0.15) is 0 Å². The quantitative estimate of drug-likeness (QED) is 0.490. The summed E-state index contributed by atoms with van der Waals surface area (Å²) in [6, 6.07) is 0. The van der Waals surface area contributed by atoms with Gasteiger partial charge >= 0.3 is 0 Å². The molecule has 0 bridgehead atoms. The van der Waals surface area contributed by atoms with E-state index in [1.807, 2.05) is 27.7 Å². The molecule has 0 nitrogen and oxygen atoms in total. The Morgan fingerprint density at radius 1 is 0.667 bits per heavy atom. The van der Waals surface area contributed by atoms with Crippen LogP contribution in [0.1, 0.15) is 86.5 Å². The van der Waals surface area contributed by atoms with Crippen LogP contribution >= 0.6 is 0 Å². The first-order chi connectivity index (χ1) is 7.38. The molecule has 94 valence electrons. The summed E-state index contributed by atoms with van der Waals surface area (Å²) in [7, 11) is 0. The molecule has 0 aromatic heterocycles. The molecular formula is C15H34. The van der Waals surface area contributed by atoms with Gasteiger partial charge in [-0.1, -0.05) is 86.5 Å².